The standard InChI is InChI=1S/C22H25ClN2O6/c1-14(26)24-19-4-2-3-5-21(19)30-13-16(27)11-25-12-18(10-20(25)22(28)29)31-17-8-6-15(23)7-9-17/h2-9,16,18,20,27H,10-13H2,1H3,(H,24,26)(H,28,29)/t16?,18-,20-/m0/s1. The number of ether oxygens (including phenoxy) is 2. The Morgan fingerprint density at radius 3 is 2.61 bits per heavy atom. The number of nitrogens with zero attached hydrogens (tertiary/aromatic N) is 1. The molecule has 1 aliphatic heterocycles. The first-order chi connectivity index (χ1) is 14.8. The maximum Gasteiger partial charge on any atom is 0.321 e. The third kappa shape index (κ3) is 6.58. The largest absolute Gasteiger partial charge is 0.489 e. The summed E-state index contributed by atoms with van der Waals surface area (Å²) in [5.41, 5.74) is 0.503. The number of rotatable bonds is 9. The van der Waals surface area contributed by atoms with E-state index in [9.17, 15) is 19.8 Å². The molecule has 2 aromatic carbocycles. The van der Waals surface area contributed by atoms with E-state index in [2.05, 4.69) is 5.32 Å². The summed E-state index contributed by atoms with van der Waals surface area (Å²) in [5.74, 6) is -0.160. The number of amides is 1. The predicted molar refractivity (Wildman–Crippen MR) is 116 cm³/mol. The number of aliphatic hydroxyl groups excluding tert-OH is 1. The van der Waals surface area contributed by atoms with Crippen LogP contribution in [0.5, 0.6) is 11.5 Å². The number of likely N-dealkylation sites (tertiary alicyclic amines) is 1. The lowest BCUT2D eigenvalue weighted by atomic mass is 10.2. The molecule has 1 unspecified atom stereocenters. The average molecular weight is 449 g/mol. The monoisotopic (exact) mass is 448 g/mol. The molecule has 3 atom stereocenters. The van der Waals surface area contributed by atoms with Crippen molar-refractivity contribution < 1.29 is 29.3 Å². The van der Waals surface area contributed by atoms with Crippen molar-refractivity contribution in [2.45, 2.75) is 31.6 Å². The summed E-state index contributed by atoms with van der Waals surface area (Å²) in [6.07, 6.45) is -0.950. The first-order valence-electron chi connectivity index (χ1n) is 9.88. The number of anilines is 1. The quantitative estimate of drug-likeness (QED) is 0.541. The Bertz CT molecular complexity index is 907. The fraction of sp³-hybridized carbons (Fsp3) is 0.364. The maximum absolute atomic E-state index is 11.7. The van der Waals surface area contributed by atoms with Crippen LogP contribution in [-0.4, -0.2) is 64.9 Å². The number of benzene rings is 2. The number of aliphatic carboxylic acids is 1. The van der Waals surface area contributed by atoms with Gasteiger partial charge in [0.2, 0.25) is 5.91 Å². The van der Waals surface area contributed by atoms with Gasteiger partial charge in [0.1, 0.15) is 36.4 Å². The lowest BCUT2D eigenvalue weighted by Crippen LogP contribution is -2.42. The number of β-amino-alcohol motifs (C(OH)–C–C–N with tert-alkyl or cyclic N) is 1. The van der Waals surface area contributed by atoms with Gasteiger partial charge in [-0.3, -0.25) is 14.5 Å². The molecule has 0 spiro atoms. The van der Waals surface area contributed by atoms with Crippen molar-refractivity contribution in [1.82, 2.24) is 4.90 Å². The third-order valence-electron chi connectivity index (χ3n) is 4.84. The van der Waals surface area contributed by atoms with Crippen LogP contribution in [0.3, 0.4) is 0 Å². The van der Waals surface area contributed by atoms with Crippen LogP contribution in [-0.2, 0) is 9.59 Å². The Balaban J connectivity index is 1.56. The third-order valence-corrected chi connectivity index (χ3v) is 5.09. The highest BCUT2D eigenvalue weighted by molar-refractivity contribution is 6.30. The summed E-state index contributed by atoms with van der Waals surface area (Å²) in [6.45, 7) is 1.81. The topological polar surface area (TPSA) is 108 Å². The van der Waals surface area contributed by atoms with Crippen LogP contribution in [0, 0.1) is 0 Å². The van der Waals surface area contributed by atoms with Crippen LogP contribution >= 0.6 is 11.6 Å². The summed E-state index contributed by atoms with van der Waals surface area (Å²) in [4.78, 5) is 24.7. The van der Waals surface area contributed by atoms with Crippen LogP contribution in [0.4, 0.5) is 5.69 Å². The molecule has 9 heteroatoms. The van der Waals surface area contributed by atoms with Gasteiger partial charge in [0.25, 0.3) is 0 Å². The van der Waals surface area contributed by atoms with E-state index >= 15 is 0 Å². The van der Waals surface area contributed by atoms with Gasteiger partial charge in [-0.1, -0.05) is 23.7 Å². The van der Waals surface area contributed by atoms with E-state index in [0.717, 1.165) is 0 Å². The highest BCUT2D eigenvalue weighted by Crippen LogP contribution is 2.26. The fourth-order valence-corrected chi connectivity index (χ4v) is 3.63. The molecule has 1 heterocycles. The zero-order valence-electron chi connectivity index (χ0n) is 17.0. The van der Waals surface area contributed by atoms with Gasteiger partial charge in [0, 0.05) is 31.5 Å². The number of nitrogens with one attached hydrogen (secondary N) is 1. The van der Waals surface area contributed by atoms with Gasteiger partial charge in [-0.25, -0.2) is 0 Å². The average Bonchev–Trinajstić information content (AvgIpc) is 3.11. The number of carbonyl (C=O) groups is 2. The lowest BCUT2D eigenvalue weighted by Gasteiger charge is -2.24. The second-order valence-electron chi connectivity index (χ2n) is 7.38. The molecule has 8 nitrogen and oxygen atoms in total. The van der Waals surface area contributed by atoms with E-state index in [4.69, 9.17) is 21.1 Å². The number of aliphatic hydroxyl groups is 1. The van der Waals surface area contributed by atoms with Gasteiger partial charge in [0.15, 0.2) is 0 Å². The molecule has 1 aliphatic rings. The number of carboxylic acid groups (broad SMARTS) is 1. The second kappa shape index (κ2) is 10.5. The molecule has 0 bridgehead atoms. The Labute approximate surface area is 185 Å². The molecule has 0 radical (unpaired) electrons. The Morgan fingerprint density at radius 2 is 1.94 bits per heavy atom. The summed E-state index contributed by atoms with van der Waals surface area (Å²) in [5, 5.41) is 23.3. The van der Waals surface area contributed by atoms with Crippen molar-refractivity contribution >= 4 is 29.2 Å². The molecular formula is C22H25ClN2O6. The molecule has 3 N–H and O–H groups in total. The molecular weight excluding hydrogens is 424 g/mol. The summed E-state index contributed by atoms with van der Waals surface area (Å²) >= 11 is 5.88. The first-order valence-corrected chi connectivity index (χ1v) is 10.3. The first kappa shape index (κ1) is 22.9. The smallest absolute Gasteiger partial charge is 0.321 e. The summed E-state index contributed by atoms with van der Waals surface area (Å²) in [6, 6.07) is 13.0. The van der Waals surface area contributed by atoms with Gasteiger partial charge in [-0.15, -0.1) is 0 Å². The minimum absolute atomic E-state index is 0.0534. The Kier molecular flexibility index (Phi) is 7.73. The van der Waals surface area contributed by atoms with Gasteiger partial charge >= 0.3 is 5.97 Å². The van der Waals surface area contributed by atoms with Crippen LogP contribution in [0.2, 0.25) is 5.02 Å². The minimum atomic E-state index is -0.966. The van der Waals surface area contributed by atoms with E-state index in [1.165, 1.54) is 6.92 Å². The van der Waals surface area contributed by atoms with Crippen LogP contribution < -0.4 is 14.8 Å². The molecule has 0 aromatic heterocycles. The second-order valence-corrected chi connectivity index (χ2v) is 7.82. The van der Waals surface area contributed by atoms with Crippen LogP contribution in [0.1, 0.15) is 13.3 Å². The highest BCUT2D eigenvalue weighted by Gasteiger charge is 2.38. The zero-order valence-corrected chi connectivity index (χ0v) is 17.8. The lowest BCUT2D eigenvalue weighted by molar-refractivity contribution is -0.142. The SMILES string of the molecule is CC(=O)Nc1ccccc1OCC(O)CN1C[C@@H](Oc2ccc(Cl)cc2)C[C@H]1C(=O)O. The van der Waals surface area contributed by atoms with Gasteiger partial charge in [0.05, 0.1) is 5.69 Å². The molecule has 0 saturated carbocycles. The number of para-hydroxylation sites is 2. The molecule has 1 amide bonds. The van der Waals surface area contributed by atoms with E-state index in [-0.39, 0.29) is 25.2 Å². The number of carbonyl (C=O) groups excluding carboxylic acids is 1. The van der Waals surface area contributed by atoms with Crippen molar-refractivity contribution in [3.63, 3.8) is 0 Å². The molecule has 1 saturated heterocycles. The van der Waals surface area contributed by atoms with Crippen LogP contribution in [0.25, 0.3) is 0 Å². The van der Waals surface area contributed by atoms with Gasteiger partial charge < -0.3 is 25.0 Å². The van der Waals surface area contributed by atoms with E-state index in [0.29, 0.717) is 35.2 Å². The molecule has 0 aliphatic carbocycles. The van der Waals surface area contributed by atoms with Crippen LogP contribution in [0.15, 0.2) is 48.5 Å². The van der Waals surface area contributed by atoms with Crippen molar-refractivity contribution in [2.75, 3.05) is 25.0 Å². The minimum Gasteiger partial charge on any atom is -0.489 e. The maximum atomic E-state index is 11.7. The molecule has 2 aromatic rings. The van der Waals surface area contributed by atoms with Gasteiger partial charge in [-0.05, 0) is 36.4 Å². The van der Waals surface area contributed by atoms with Crippen molar-refractivity contribution in [1.29, 1.82) is 0 Å². The molecule has 31 heavy (non-hydrogen) atoms. The van der Waals surface area contributed by atoms with Gasteiger partial charge in [-0.2, -0.15) is 0 Å². The van der Waals surface area contributed by atoms with E-state index in [1.807, 2.05) is 0 Å². The zero-order chi connectivity index (χ0) is 22.4. The number of hydrogen-bond acceptors (Lipinski definition) is 6. The summed E-state index contributed by atoms with van der Waals surface area (Å²) in [7, 11) is 0. The van der Waals surface area contributed by atoms with Crippen molar-refractivity contribution in [3.8, 4) is 11.5 Å². The molecule has 166 valence electrons. The number of hydrogen-bond donors (Lipinski definition) is 3. The predicted octanol–water partition coefficient (Wildman–Crippen LogP) is 2.64. The fourth-order valence-electron chi connectivity index (χ4n) is 3.51. The van der Waals surface area contributed by atoms with E-state index < -0.39 is 18.1 Å². The number of halogens is 1. The number of carboxylic acids is 1. The molecule has 1 fully saturated rings. The highest BCUT2D eigenvalue weighted by atomic mass is 35.5. The van der Waals surface area contributed by atoms with E-state index in [1.54, 1.807) is 53.4 Å². The normalized spacial score (nSPS) is 19.6. The molecule has 3 rings (SSSR count). The van der Waals surface area contributed by atoms with Crippen molar-refractivity contribution in [2.24, 2.45) is 0 Å². The van der Waals surface area contributed by atoms with Crippen molar-refractivity contribution in [3.05, 3.63) is 53.6 Å². The summed E-state index contributed by atoms with van der Waals surface area (Å²) < 4.78 is 11.5. The Morgan fingerprint density at radius 1 is 1.23 bits per heavy atom. The Hall–Kier alpha value is -2.81.